The Hall–Kier alpha value is 0.0900. The summed E-state index contributed by atoms with van der Waals surface area (Å²) < 4.78 is 27.8. The molecule has 6 heteroatoms. The highest BCUT2D eigenvalue weighted by molar-refractivity contribution is 9.11. The van der Waals surface area contributed by atoms with Crippen LogP contribution in [0.3, 0.4) is 0 Å². The van der Waals surface area contributed by atoms with E-state index >= 15 is 0 Å². The summed E-state index contributed by atoms with van der Waals surface area (Å²) in [6, 6.07) is 1.85. The molecule has 1 aliphatic rings. The number of aryl methyl sites for hydroxylation is 1. The van der Waals surface area contributed by atoms with Gasteiger partial charge in [-0.15, -0.1) is 11.3 Å². The minimum absolute atomic E-state index is 0.149. The van der Waals surface area contributed by atoms with Crippen LogP contribution in [0.25, 0.3) is 0 Å². The average Bonchev–Trinajstić information content (AvgIpc) is 2.41. The maximum Gasteiger partial charge on any atom is 0.250 e. The second kappa shape index (κ2) is 4.16. The van der Waals surface area contributed by atoms with Gasteiger partial charge in [-0.2, -0.15) is 0 Å². The third-order valence-electron chi connectivity index (χ3n) is 2.53. The van der Waals surface area contributed by atoms with E-state index < -0.39 is 10.0 Å². The molecule has 2 rings (SSSR count). The highest BCUT2D eigenvalue weighted by Gasteiger charge is 2.26. The quantitative estimate of drug-likeness (QED) is 0.933. The van der Waals surface area contributed by atoms with Crippen LogP contribution in [0.1, 0.15) is 24.8 Å². The van der Waals surface area contributed by atoms with Crippen molar-refractivity contribution in [3.63, 3.8) is 0 Å². The van der Waals surface area contributed by atoms with Gasteiger partial charge in [0, 0.05) is 6.04 Å². The van der Waals surface area contributed by atoms with Crippen LogP contribution < -0.4 is 4.72 Å². The molecule has 0 amide bonds. The summed E-state index contributed by atoms with van der Waals surface area (Å²) in [6.45, 7) is 1.89. The minimum Gasteiger partial charge on any atom is -0.207 e. The maximum atomic E-state index is 11.9. The Morgan fingerprint density at radius 3 is 2.60 bits per heavy atom. The van der Waals surface area contributed by atoms with Crippen molar-refractivity contribution in [2.75, 3.05) is 0 Å². The molecule has 1 N–H and O–H groups in total. The van der Waals surface area contributed by atoms with Crippen LogP contribution in [0.5, 0.6) is 0 Å². The van der Waals surface area contributed by atoms with Crippen LogP contribution >= 0.6 is 27.3 Å². The Kier molecular flexibility index (Phi) is 3.21. The smallest absolute Gasteiger partial charge is 0.207 e. The summed E-state index contributed by atoms with van der Waals surface area (Å²) in [7, 11) is -3.28. The van der Waals surface area contributed by atoms with Gasteiger partial charge in [-0.1, -0.05) is 6.42 Å². The lowest BCUT2D eigenvalue weighted by Crippen LogP contribution is -2.39. The van der Waals surface area contributed by atoms with Crippen LogP contribution in [0.15, 0.2) is 14.1 Å². The van der Waals surface area contributed by atoms with Gasteiger partial charge in [0.1, 0.15) is 4.21 Å². The first kappa shape index (κ1) is 11.6. The van der Waals surface area contributed by atoms with Crippen LogP contribution in [0.2, 0.25) is 0 Å². The fourth-order valence-corrected chi connectivity index (χ4v) is 4.91. The van der Waals surface area contributed by atoms with Gasteiger partial charge in [-0.25, -0.2) is 13.1 Å². The maximum absolute atomic E-state index is 11.9. The number of nitrogens with one attached hydrogen (secondary N) is 1. The molecule has 0 atom stereocenters. The van der Waals surface area contributed by atoms with Crippen molar-refractivity contribution in [1.82, 2.24) is 4.72 Å². The molecule has 1 heterocycles. The number of rotatable bonds is 3. The molecular formula is C9H12BrNO2S2. The summed E-state index contributed by atoms with van der Waals surface area (Å²) >= 11 is 4.60. The first-order chi connectivity index (χ1) is 6.99. The number of halogens is 1. The van der Waals surface area contributed by atoms with E-state index in [0.29, 0.717) is 4.21 Å². The zero-order chi connectivity index (χ0) is 11.1. The molecule has 3 nitrogen and oxygen atoms in total. The molecule has 0 radical (unpaired) electrons. The molecule has 0 aromatic carbocycles. The molecule has 1 aromatic rings. The summed E-state index contributed by atoms with van der Waals surface area (Å²) in [6.07, 6.45) is 3.05. The fraction of sp³-hybridized carbons (Fsp3) is 0.556. The summed E-state index contributed by atoms with van der Waals surface area (Å²) in [5.41, 5.74) is 0.967. The molecule has 84 valence electrons. The van der Waals surface area contributed by atoms with Gasteiger partial charge < -0.3 is 0 Å². The minimum atomic E-state index is -3.28. The lowest BCUT2D eigenvalue weighted by molar-refractivity contribution is 0.384. The largest absolute Gasteiger partial charge is 0.250 e. The lowest BCUT2D eigenvalue weighted by atomic mass is 9.94. The van der Waals surface area contributed by atoms with Gasteiger partial charge in [0.05, 0.1) is 3.79 Å². The fourth-order valence-electron chi connectivity index (χ4n) is 1.37. The van der Waals surface area contributed by atoms with Crippen molar-refractivity contribution in [3.05, 3.63) is 15.4 Å². The van der Waals surface area contributed by atoms with E-state index in [9.17, 15) is 8.42 Å². The van der Waals surface area contributed by atoms with Gasteiger partial charge in [-0.3, -0.25) is 0 Å². The van der Waals surface area contributed by atoms with E-state index in [4.69, 9.17) is 0 Å². The van der Waals surface area contributed by atoms with Crippen molar-refractivity contribution >= 4 is 37.3 Å². The van der Waals surface area contributed by atoms with Gasteiger partial charge in [-0.05, 0) is 47.3 Å². The molecular weight excluding hydrogens is 298 g/mol. The lowest BCUT2D eigenvalue weighted by Gasteiger charge is -2.25. The number of thiophene rings is 1. The third kappa shape index (κ3) is 2.43. The highest BCUT2D eigenvalue weighted by atomic mass is 79.9. The first-order valence-corrected chi connectivity index (χ1v) is 7.86. The van der Waals surface area contributed by atoms with Crippen LogP contribution in [0.4, 0.5) is 0 Å². The third-order valence-corrected chi connectivity index (χ3v) is 6.66. The topological polar surface area (TPSA) is 46.2 Å². The molecule has 1 aliphatic carbocycles. The Morgan fingerprint density at radius 1 is 1.53 bits per heavy atom. The summed E-state index contributed by atoms with van der Waals surface area (Å²) in [5.74, 6) is 0. The number of hydrogen-bond donors (Lipinski definition) is 1. The van der Waals surface area contributed by atoms with E-state index in [1.54, 1.807) is 6.07 Å². The molecule has 0 aliphatic heterocycles. The van der Waals surface area contributed by atoms with E-state index in [0.717, 1.165) is 28.6 Å². The van der Waals surface area contributed by atoms with E-state index in [2.05, 4.69) is 20.7 Å². The molecule has 1 saturated carbocycles. The first-order valence-electron chi connectivity index (χ1n) is 4.77. The predicted octanol–water partition coefficient (Wildman–Crippen LogP) is 2.65. The molecule has 1 aromatic heterocycles. The second-order valence-corrected chi connectivity index (χ2v) is 8.08. The Bertz CT molecular complexity index is 443. The van der Waals surface area contributed by atoms with Crippen LogP contribution in [-0.4, -0.2) is 14.5 Å². The highest BCUT2D eigenvalue weighted by Crippen LogP contribution is 2.31. The van der Waals surface area contributed by atoms with Gasteiger partial charge in [0.25, 0.3) is 0 Å². The van der Waals surface area contributed by atoms with E-state index in [1.165, 1.54) is 11.3 Å². The van der Waals surface area contributed by atoms with Gasteiger partial charge in [0.2, 0.25) is 10.0 Å². The SMILES string of the molecule is Cc1cc(S(=O)(=O)NC2CCC2)sc1Br. The van der Waals surface area contributed by atoms with E-state index in [1.807, 2.05) is 6.92 Å². The van der Waals surface area contributed by atoms with Crippen LogP contribution in [-0.2, 0) is 10.0 Å². The zero-order valence-corrected chi connectivity index (χ0v) is 11.5. The Morgan fingerprint density at radius 2 is 2.20 bits per heavy atom. The monoisotopic (exact) mass is 309 g/mol. The van der Waals surface area contributed by atoms with Crippen molar-refractivity contribution < 1.29 is 8.42 Å². The molecule has 1 fully saturated rings. The van der Waals surface area contributed by atoms with Crippen molar-refractivity contribution in [2.45, 2.75) is 36.4 Å². The van der Waals surface area contributed by atoms with Crippen molar-refractivity contribution in [1.29, 1.82) is 0 Å². The number of hydrogen-bond acceptors (Lipinski definition) is 3. The van der Waals surface area contributed by atoms with Gasteiger partial charge in [0.15, 0.2) is 0 Å². The second-order valence-electron chi connectivity index (χ2n) is 3.77. The average molecular weight is 310 g/mol. The molecule has 0 saturated heterocycles. The summed E-state index contributed by atoms with van der Waals surface area (Å²) in [5, 5.41) is 0. The predicted molar refractivity (Wildman–Crippen MR) is 64.7 cm³/mol. The van der Waals surface area contributed by atoms with Crippen LogP contribution in [0, 0.1) is 6.92 Å². The normalized spacial score (nSPS) is 17.7. The Labute approximate surface area is 102 Å². The van der Waals surface area contributed by atoms with Crippen molar-refractivity contribution in [2.24, 2.45) is 0 Å². The Balaban J connectivity index is 2.20. The van der Waals surface area contributed by atoms with E-state index in [-0.39, 0.29) is 6.04 Å². The molecule has 0 bridgehead atoms. The zero-order valence-electron chi connectivity index (χ0n) is 8.29. The van der Waals surface area contributed by atoms with Gasteiger partial charge >= 0.3 is 0 Å². The standard InChI is InChI=1S/C9H12BrNO2S2/c1-6-5-8(14-9(6)10)15(12,13)11-7-3-2-4-7/h5,7,11H,2-4H2,1H3. The van der Waals surface area contributed by atoms with Crippen molar-refractivity contribution in [3.8, 4) is 0 Å². The number of sulfonamides is 1. The molecule has 0 spiro atoms. The summed E-state index contributed by atoms with van der Waals surface area (Å²) in [4.78, 5) is 0. The molecule has 15 heavy (non-hydrogen) atoms. The molecule has 0 unspecified atom stereocenters.